The molecule has 0 radical (unpaired) electrons. The molecule has 21 heavy (non-hydrogen) atoms. The van der Waals surface area contributed by atoms with Crippen molar-refractivity contribution in [2.75, 3.05) is 0 Å². The van der Waals surface area contributed by atoms with Crippen LogP contribution in [0.2, 0.25) is 5.02 Å². The van der Waals surface area contributed by atoms with Crippen molar-refractivity contribution in [1.29, 1.82) is 0 Å². The van der Waals surface area contributed by atoms with Gasteiger partial charge in [-0.25, -0.2) is 4.79 Å². The molecule has 4 heteroatoms. The van der Waals surface area contributed by atoms with Gasteiger partial charge in [0.15, 0.2) is 5.75 Å². The minimum Gasteiger partial charge on any atom is -0.478 e. The Morgan fingerprint density at radius 3 is 2.48 bits per heavy atom. The highest BCUT2D eigenvalue weighted by atomic mass is 35.5. The highest BCUT2D eigenvalue weighted by Gasteiger charge is 2.15. The minimum absolute atomic E-state index is 0.0495. The second-order valence-electron chi connectivity index (χ2n) is 4.90. The highest BCUT2D eigenvalue weighted by Crippen LogP contribution is 2.33. The summed E-state index contributed by atoms with van der Waals surface area (Å²) in [5.41, 5.74) is 1.27. The van der Waals surface area contributed by atoms with Crippen molar-refractivity contribution in [3.05, 3.63) is 58.6 Å². The second kappa shape index (κ2) is 6.64. The van der Waals surface area contributed by atoms with Crippen LogP contribution in [0.3, 0.4) is 0 Å². The first-order chi connectivity index (χ1) is 10.0. The van der Waals surface area contributed by atoms with Gasteiger partial charge in [-0.15, -0.1) is 0 Å². The number of carbonyl (C=O) groups is 1. The first-order valence-corrected chi connectivity index (χ1v) is 7.20. The van der Waals surface area contributed by atoms with Crippen LogP contribution in [0.15, 0.2) is 42.5 Å². The van der Waals surface area contributed by atoms with Crippen LogP contribution in [0, 0.1) is 0 Å². The Labute approximate surface area is 129 Å². The fourth-order valence-corrected chi connectivity index (χ4v) is 2.21. The van der Waals surface area contributed by atoms with Crippen LogP contribution < -0.4 is 4.74 Å². The molecule has 1 unspecified atom stereocenters. The van der Waals surface area contributed by atoms with Gasteiger partial charge in [-0.1, -0.05) is 43.6 Å². The van der Waals surface area contributed by atoms with Crippen LogP contribution >= 0.6 is 11.6 Å². The molecule has 0 fully saturated rings. The summed E-state index contributed by atoms with van der Waals surface area (Å²) in [6.07, 6.45) is 1.06. The number of carboxylic acids is 1. The van der Waals surface area contributed by atoms with E-state index in [1.165, 1.54) is 11.6 Å². The quantitative estimate of drug-likeness (QED) is 0.810. The smallest absolute Gasteiger partial charge is 0.339 e. The van der Waals surface area contributed by atoms with Crippen molar-refractivity contribution < 1.29 is 14.6 Å². The Hall–Kier alpha value is -2.00. The fourth-order valence-electron chi connectivity index (χ4n) is 2.00. The molecular weight excluding hydrogens is 288 g/mol. The molecular formula is C17H17ClO3. The normalized spacial score (nSPS) is 12.0. The Morgan fingerprint density at radius 1 is 1.24 bits per heavy atom. The van der Waals surface area contributed by atoms with Crippen LogP contribution in [-0.2, 0) is 0 Å². The average Bonchev–Trinajstić information content (AvgIpc) is 2.49. The summed E-state index contributed by atoms with van der Waals surface area (Å²) in [7, 11) is 0. The number of ether oxygens (including phenoxy) is 1. The Morgan fingerprint density at radius 2 is 1.90 bits per heavy atom. The molecule has 0 saturated heterocycles. The van der Waals surface area contributed by atoms with E-state index in [0.717, 1.165) is 6.42 Å². The van der Waals surface area contributed by atoms with E-state index in [4.69, 9.17) is 16.3 Å². The third kappa shape index (κ3) is 3.56. The van der Waals surface area contributed by atoms with E-state index in [-0.39, 0.29) is 16.3 Å². The van der Waals surface area contributed by atoms with Crippen molar-refractivity contribution >= 4 is 17.6 Å². The van der Waals surface area contributed by atoms with Crippen molar-refractivity contribution in [3.63, 3.8) is 0 Å². The monoisotopic (exact) mass is 304 g/mol. The number of carboxylic acid groups (broad SMARTS) is 1. The summed E-state index contributed by atoms with van der Waals surface area (Å²) in [4.78, 5) is 11.2. The molecule has 2 aromatic rings. The molecule has 0 spiro atoms. The van der Waals surface area contributed by atoms with Gasteiger partial charge in [-0.3, -0.25) is 0 Å². The molecule has 110 valence electrons. The van der Waals surface area contributed by atoms with E-state index in [1.54, 1.807) is 12.1 Å². The molecule has 2 aromatic carbocycles. The molecule has 0 aliphatic heterocycles. The lowest BCUT2D eigenvalue weighted by molar-refractivity contribution is 0.0694. The minimum atomic E-state index is -1.07. The predicted molar refractivity (Wildman–Crippen MR) is 83.6 cm³/mol. The number of hydrogen-bond donors (Lipinski definition) is 1. The van der Waals surface area contributed by atoms with Gasteiger partial charge in [-0.2, -0.15) is 0 Å². The van der Waals surface area contributed by atoms with E-state index in [0.29, 0.717) is 11.7 Å². The summed E-state index contributed by atoms with van der Waals surface area (Å²) in [6, 6.07) is 12.3. The third-order valence-corrected chi connectivity index (χ3v) is 3.78. The molecule has 1 atom stereocenters. The summed E-state index contributed by atoms with van der Waals surface area (Å²) in [5, 5.41) is 9.46. The molecule has 0 bridgehead atoms. The van der Waals surface area contributed by atoms with E-state index in [9.17, 15) is 9.90 Å². The molecule has 0 amide bonds. The Kier molecular flexibility index (Phi) is 4.86. The molecule has 1 N–H and O–H groups in total. The number of aromatic carboxylic acids is 1. The van der Waals surface area contributed by atoms with Crippen LogP contribution in [0.4, 0.5) is 0 Å². The Balaban J connectivity index is 2.28. The van der Waals surface area contributed by atoms with Crippen molar-refractivity contribution in [3.8, 4) is 11.5 Å². The van der Waals surface area contributed by atoms with Crippen LogP contribution in [-0.4, -0.2) is 11.1 Å². The van der Waals surface area contributed by atoms with Gasteiger partial charge in [0.05, 0.1) is 5.02 Å². The summed E-state index contributed by atoms with van der Waals surface area (Å²) in [5.74, 6) is 0.151. The van der Waals surface area contributed by atoms with E-state index in [1.807, 2.05) is 24.3 Å². The number of rotatable bonds is 5. The largest absolute Gasteiger partial charge is 0.478 e. The second-order valence-corrected chi connectivity index (χ2v) is 5.31. The first kappa shape index (κ1) is 15.4. The van der Waals surface area contributed by atoms with E-state index < -0.39 is 5.97 Å². The topological polar surface area (TPSA) is 46.5 Å². The number of para-hydroxylation sites is 1. The summed E-state index contributed by atoms with van der Waals surface area (Å²) in [6.45, 7) is 4.30. The van der Waals surface area contributed by atoms with Gasteiger partial charge in [0, 0.05) is 0 Å². The lowest BCUT2D eigenvalue weighted by Crippen LogP contribution is -2.00. The van der Waals surface area contributed by atoms with Gasteiger partial charge in [-0.05, 0) is 42.2 Å². The Bertz CT molecular complexity index is 635. The predicted octanol–water partition coefficient (Wildman–Crippen LogP) is 5.34. The van der Waals surface area contributed by atoms with Gasteiger partial charge < -0.3 is 9.84 Å². The van der Waals surface area contributed by atoms with Crippen LogP contribution in [0.25, 0.3) is 0 Å². The summed E-state index contributed by atoms with van der Waals surface area (Å²) >= 11 is 6.04. The van der Waals surface area contributed by atoms with Gasteiger partial charge in [0.1, 0.15) is 11.3 Å². The van der Waals surface area contributed by atoms with Gasteiger partial charge >= 0.3 is 5.97 Å². The average molecular weight is 305 g/mol. The van der Waals surface area contributed by atoms with Crippen molar-refractivity contribution in [2.24, 2.45) is 0 Å². The maximum atomic E-state index is 11.2. The maximum absolute atomic E-state index is 11.2. The molecule has 0 aromatic heterocycles. The third-order valence-electron chi connectivity index (χ3n) is 3.48. The van der Waals surface area contributed by atoms with E-state index in [2.05, 4.69) is 13.8 Å². The SMILES string of the molecule is CCC(C)c1ccc(Oc2c(Cl)cccc2C(=O)O)cc1. The van der Waals surface area contributed by atoms with E-state index >= 15 is 0 Å². The molecule has 0 saturated carbocycles. The van der Waals surface area contributed by atoms with Crippen molar-refractivity contribution in [2.45, 2.75) is 26.2 Å². The maximum Gasteiger partial charge on any atom is 0.339 e. The van der Waals surface area contributed by atoms with Crippen molar-refractivity contribution in [1.82, 2.24) is 0 Å². The standard InChI is InChI=1S/C17H17ClO3/c1-3-11(2)12-7-9-13(10-8-12)21-16-14(17(19)20)5-4-6-15(16)18/h4-11H,3H2,1-2H3,(H,19,20). The number of hydrogen-bond acceptors (Lipinski definition) is 2. The molecule has 0 heterocycles. The molecule has 2 rings (SSSR count). The zero-order chi connectivity index (χ0) is 15.4. The molecule has 0 aliphatic carbocycles. The highest BCUT2D eigenvalue weighted by molar-refractivity contribution is 6.32. The zero-order valence-electron chi connectivity index (χ0n) is 12.0. The lowest BCUT2D eigenvalue weighted by atomic mass is 9.99. The zero-order valence-corrected chi connectivity index (χ0v) is 12.7. The fraction of sp³-hybridized carbons (Fsp3) is 0.235. The molecule has 3 nitrogen and oxygen atoms in total. The lowest BCUT2D eigenvalue weighted by Gasteiger charge is -2.12. The number of halogens is 1. The first-order valence-electron chi connectivity index (χ1n) is 6.82. The molecule has 0 aliphatic rings. The number of benzene rings is 2. The van der Waals surface area contributed by atoms with Gasteiger partial charge in [0.2, 0.25) is 0 Å². The summed E-state index contributed by atoms with van der Waals surface area (Å²) < 4.78 is 5.66. The van der Waals surface area contributed by atoms with Gasteiger partial charge in [0.25, 0.3) is 0 Å². The van der Waals surface area contributed by atoms with Crippen LogP contribution in [0.1, 0.15) is 42.1 Å². The van der Waals surface area contributed by atoms with Crippen LogP contribution in [0.5, 0.6) is 11.5 Å².